The predicted molar refractivity (Wildman–Crippen MR) is 141 cm³/mol. The molecule has 1 aliphatic heterocycles. The van der Waals surface area contributed by atoms with Crippen molar-refractivity contribution in [2.24, 2.45) is 0 Å². The van der Waals surface area contributed by atoms with E-state index in [9.17, 15) is 23.1 Å². The molecule has 1 aliphatic rings. The predicted octanol–water partition coefficient (Wildman–Crippen LogP) is 7.39. The van der Waals surface area contributed by atoms with Crippen molar-refractivity contribution in [1.29, 1.82) is 0 Å². The van der Waals surface area contributed by atoms with Gasteiger partial charge in [-0.1, -0.05) is 48.8 Å². The minimum absolute atomic E-state index is 0.0276. The number of anilines is 2. The number of benzene rings is 3. The first-order chi connectivity index (χ1) is 17.7. The normalized spacial score (nSPS) is 15.8. The Balaban J connectivity index is 1.70. The molecular weight excluding hydrogens is 544 g/mol. The maximum Gasteiger partial charge on any atom is 0.422 e. The first-order valence-electron chi connectivity index (χ1n) is 11.3. The molecule has 0 spiro atoms. The van der Waals surface area contributed by atoms with Crippen molar-refractivity contribution in [3.63, 3.8) is 0 Å². The van der Waals surface area contributed by atoms with Crippen LogP contribution in [0.4, 0.5) is 24.5 Å². The number of aliphatic hydroxyl groups is 1. The van der Waals surface area contributed by atoms with Crippen LogP contribution in [0.2, 0.25) is 10.0 Å². The van der Waals surface area contributed by atoms with E-state index >= 15 is 0 Å². The Kier molecular flexibility index (Phi) is 7.07. The average molecular weight is 567 g/mol. The first kappa shape index (κ1) is 27.6. The zero-order chi connectivity index (χ0) is 28.2. The van der Waals surface area contributed by atoms with Gasteiger partial charge in [0.2, 0.25) is 0 Å². The second-order valence-electron chi connectivity index (χ2n) is 8.96. The van der Waals surface area contributed by atoms with E-state index in [2.05, 4.69) is 6.58 Å². The molecule has 38 heavy (non-hydrogen) atoms. The van der Waals surface area contributed by atoms with Gasteiger partial charge in [-0.25, -0.2) is 4.79 Å². The van der Waals surface area contributed by atoms with Crippen molar-refractivity contribution >= 4 is 40.5 Å². The van der Waals surface area contributed by atoms with Crippen molar-refractivity contribution in [2.45, 2.75) is 24.6 Å². The quantitative estimate of drug-likeness (QED) is 0.324. The van der Waals surface area contributed by atoms with E-state index in [1.165, 1.54) is 61.5 Å². The molecule has 0 saturated carbocycles. The molecule has 2 unspecified atom stereocenters. The summed E-state index contributed by atoms with van der Waals surface area (Å²) in [7, 11) is 3.43. The largest absolute Gasteiger partial charge is 0.478 e. The summed E-state index contributed by atoms with van der Waals surface area (Å²) >= 11 is 12.5. The van der Waals surface area contributed by atoms with E-state index in [1.54, 1.807) is 23.9 Å². The molecule has 0 bridgehead atoms. The van der Waals surface area contributed by atoms with Gasteiger partial charge in [-0.3, -0.25) is 0 Å². The van der Waals surface area contributed by atoms with E-state index < -0.39 is 23.7 Å². The fourth-order valence-corrected chi connectivity index (χ4v) is 5.02. The van der Waals surface area contributed by atoms with Crippen molar-refractivity contribution in [3.8, 4) is 11.5 Å². The van der Waals surface area contributed by atoms with Crippen LogP contribution in [-0.2, 0) is 5.60 Å². The molecule has 11 heteroatoms. The Morgan fingerprint density at radius 1 is 0.974 bits per heavy atom. The third-order valence-corrected chi connectivity index (χ3v) is 7.44. The molecule has 4 rings (SSSR count). The number of halogens is 5. The van der Waals surface area contributed by atoms with E-state index in [0.717, 1.165) is 0 Å². The van der Waals surface area contributed by atoms with E-state index in [-0.39, 0.29) is 38.2 Å². The molecule has 0 fully saturated rings. The highest BCUT2D eigenvalue weighted by Crippen LogP contribution is 2.52. The molecule has 2 N–H and O–H groups in total. The lowest BCUT2D eigenvalue weighted by atomic mass is 9.77. The maximum atomic E-state index is 14.5. The lowest BCUT2D eigenvalue weighted by Crippen LogP contribution is -2.46. The van der Waals surface area contributed by atoms with Crippen molar-refractivity contribution < 1.29 is 32.9 Å². The fraction of sp³-hybridized carbons (Fsp3) is 0.222. The topological polar surface area (TPSA) is 73.2 Å². The number of carbonyl (C=O) groups is 1. The van der Waals surface area contributed by atoms with Crippen molar-refractivity contribution in [3.05, 3.63) is 93.7 Å². The van der Waals surface area contributed by atoms with E-state index in [0.29, 0.717) is 17.2 Å². The zero-order valence-corrected chi connectivity index (χ0v) is 22.0. The molecule has 2 atom stereocenters. The molecule has 200 valence electrons. The molecule has 0 radical (unpaired) electrons. The molecule has 0 amide bonds. The van der Waals surface area contributed by atoms with Gasteiger partial charge in [0.15, 0.2) is 5.60 Å². The van der Waals surface area contributed by atoms with Crippen LogP contribution in [0.5, 0.6) is 11.5 Å². The summed E-state index contributed by atoms with van der Waals surface area (Å²) in [5.74, 6) is -1.80. The second-order valence-corrected chi connectivity index (χ2v) is 9.77. The highest BCUT2D eigenvalue weighted by atomic mass is 35.5. The zero-order valence-electron chi connectivity index (χ0n) is 20.5. The van der Waals surface area contributed by atoms with Gasteiger partial charge in [-0.05, 0) is 53.6 Å². The van der Waals surface area contributed by atoms with Crippen LogP contribution in [0.1, 0.15) is 34.3 Å². The molecule has 6 nitrogen and oxygen atoms in total. The standard InChI is InChI=1S/C27H23Cl2F3N2O4/c1-14(19-8-7-18(13-20(19)28)38-24-10-5-16(25(35)36)11-21(24)29)26(37,27(30,31)32)17-6-9-22-23(12-17)34(4)15(2)33(22)3/h5-14,37H,2H2,1,3-4H3,(H,35,36). The number of aromatic carboxylic acids is 1. The Bertz CT molecular complexity index is 1450. The van der Waals surface area contributed by atoms with E-state index in [1.807, 2.05) is 0 Å². The Labute approximate surface area is 227 Å². The highest BCUT2D eigenvalue weighted by molar-refractivity contribution is 6.32. The number of hydrogen-bond donors (Lipinski definition) is 2. The monoisotopic (exact) mass is 566 g/mol. The lowest BCUT2D eigenvalue weighted by molar-refractivity contribution is -0.274. The highest BCUT2D eigenvalue weighted by Gasteiger charge is 2.59. The third-order valence-electron chi connectivity index (χ3n) is 6.82. The second kappa shape index (κ2) is 9.72. The van der Waals surface area contributed by atoms with Gasteiger partial charge < -0.3 is 24.7 Å². The fourth-order valence-electron chi connectivity index (χ4n) is 4.47. The summed E-state index contributed by atoms with van der Waals surface area (Å²) in [6, 6.07) is 12.0. The van der Waals surface area contributed by atoms with Gasteiger partial charge in [-0.2, -0.15) is 13.2 Å². The number of hydrogen-bond acceptors (Lipinski definition) is 5. The molecule has 1 heterocycles. The lowest BCUT2D eigenvalue weighted by Gasteiger charge is -2.37. The number of nitrogens with zero attached hydrogens (tertiary/aromatic N) is 2. The number of ether oxygens (including phenoxy) is 1. The number of fused-ring (bicyclic) bond motifs is 1. The van der Waals surface area contributed by atoms with Crippen LogP contribution in [-0.4, -0.2) is 36.5 Å². The van der Waals surface area contributed by atoms with Gasteiger partial charge in [-0.15, -0.1) is 0 Å². The first-order valence-corrected chi connectivity index (χ1v) is 12.0. The number of carboxylic acid groups (broad SMARTS) is 1. The van der Waals surface area contributed by atoms with Gasteiger partial charge in [0.1, 0.15) is 17.3 Å². The molecule has 0 aliphatic carbocycles. The SMILES string of the molecule is C=C1N(C)c2ccc(C(O)(C(C)c3ccc(Oc4ccc(C(=O)O)cc4Cl)cc3Cl)C(F)(F)F)cc2N1C. The van der Waals surface area contributed by atoms with Crippen LogP contribution in [0, 0.1) is 0 Å². The maximum absolute atomic E-state index is 14.5. The third kappa shape index (κ3) is 4.55. The number of carboxylic acids is 1. The van der Waals surface area contributed by atoms with Crippen molar-refractivity contribution in [1.82, 2.24) is 0 Å². The number of rotatable bonds is 6. The van der Waals surface area contributed by atoms with Crippen LogP contribution in [0.3, 0.4) is 0 Å². The minimum atomic E-state index is -5.04. The molecule has 3 aromatic carbocycles. The Hall–Kier alpha value is -3.40. The van der Waals surface area contributed by atoms with Gasteiger partial charge in [0.25, 0.3) is 0 Å². The Morgan fingerprint density at radius 3 is 2.21 bits per heavy atom. The van der Waals surface area contributed by atoms with Crippen molar-refractivity contribution in [2.75, 3.05) is 23.9 Å². The summed E-state index contributed by atoms with van der Waals surface area (Å²) in [6.07, 6.45) is -5.04. The van der Waals surface area contributed by atoms with Crippen LogP contribution >= 0.6 is 23.2 Å². The van der Waals surface area contributed by atoms with Gasteiger partial charge >= 0.3 is 12.1 Å². The van der Waals surface area contributed by atoms with Crippen LogP contribution in [0.25, 0.3) is 0 Å². The average Bonchev–Trinajstić information content (AvgIpc) is 3.07. The number of alkyl halides is 3. The molecule has 3 aromatic rings. The summed E-state index contributed by atoms with van der Waals surface area (Å²) in [6.45, 7) is 5.17. The van der Waals surface area contributed by atoms with Gasteiger partial charge in [0, 0.05) is 25.0 Å². The smallest absolute Gasteiger partial charge is 0.422 e. The summed E-state index contributed by atoms with van der Waals surface area (Å²) in [4.78, 5) is 14.5. The summed E-state index contributed by atoms with van der Waals surface area (Å²) < 4.78 is 49.3. The minimum Gasteiger partial charge on any atom is -0.478 e. The summed E-state index contributed by atoms with van der Waals surface area (Å²) in [5, 5.41) is 20.3. The Morgan fingerprint density at radius 2 is 1.63 bits per heavy atom. The summed E-state index contributed by atoms with van der Waals surface area (Å²) in [5.41, 5.74) is -2.47. The van der Waals surface area contributed by atoms with Crippen LogP contribution < -0.4 is 14.5 Å². The van der Waals surface area contributed by atoms with E-state index in [4.69, 9.17) is 33.0 Å². The molecular formula is C27H23Cl2F3N2O4. The molecule has 0 saturated heterocycles. The van der Waals surface area contributed by atoms with Gasteiger partial charge in [0.05, 0.1) is 22.0 Å². The van der Waals surface area contributed by atoms with Crippen LogP contribution in [0.15, 0.2) is 67.0 Å². The molecule has 0 aromatic heterocycles.